The maximum Gasteiger partial charge on any atom is 0.337 e. The summed E-state index contributed by atoms with van der Waals surface area (Å²) in [5.74, 6) is -1.56. The number of carbonyl (C=O) groups is 2. The van der Waals surface area contributed by atoms with Crippen molar-refractivity contribution in [2.45, 2.75) is 6.61 Å². The van der Waals surface area contributed by atoms with Crippen LogP contribution in [-0.2, 0) is 11.3 Å². The average Bonchev–Trinajstić information content (AvgIpc) is 2.53. The second-order valence-corrected chi connectivity index (χ2v) is 4.48. The average molecular weight is 303 g/mol. The number of hydrogen-bond donors (Lipinski definition) is 1. The molecule has 0 fully saturated rings. The van der Waals surface area contributed by atoms with Gasteiger partial charge in [-0.15, -0.1) is 0 Å². The minimum atomic E-state index is -0.768. The molecule has 6 heteroatoms. The lowest BCUT2D eigenvalue weighted by atomic mass is 10.1. The van der Waals surface area contributed by atoms with Crippen LogP contribution in [0, 0.1) is 5.82 Å². The predicted octanol–water partition coefficient (Wildman–Crippen LogP) is 2.29. The first-order chi connectivity index (χ1) is 10.5. The smallest absolute Gasteiger partial charge is 0.337 e. The van der Waals surface area contributed by atoms with E-state index in [4.69, 9.17) is 10.5 Å². The molecule has 2 aromatic rings. The Morgan fingerprint density at radius 3 is 2.41 bits per heavy atom. The first kappa shape index (κ1) is 15.5. The van der Waals surface area contributed by atoms with Gasteiger partial charge in [0.1, 0.15) is 18.2 Å². The Morgan fingerprint density at radius 2 is 1.82 bits per heavy atom. The highest BCUT2D eigenvalue weighted by atomic mass is 19.1. The zero-order valence-corrected chi connectivity index (χ0v) is 11.8. The fourth-order valence-electron chi connectivity index (χ4n) is 1.84. The molecular formula is C16H14FNO4. The normalized spacial score (nSPS) is 10.1. The van der Waals surface area contributed by atoms with Crippen molar-refractivity contribution in [3.63, 3.8) is 0 Å². The van der Waals surface area contributed by atoms with Gasteiger partial charge in [-0.2, -0.15) is 0 Å². The van der Waals surface area contributed by atoms with Crippen molar-refractivity contribution < 1.29 is 23.5 Å². The minimum absolute atomic E-state index is 0.0221. The topological polar surface area (TPSA) is 78.6 Å². The van der Waals surface area contributed by atoms with Crippen LogP contribution < -0.4 is 10.5 Å². The number of halogens is 1. The second kappa shape index (κ2) is 6.71. The van der Waals surface area contributed by atoms with E-state index in [2.05, 4.69) is 4.74 Å². The Morgan fingerprint density at radius 1 is 1.14 bits per heavy atom. The summed E-state index contributed by atoms with van der Waals surface area (Å²) in [6, 6.07) is 10.1. The van der Waals surface area contributed by atoms with E-state index in [0.29, 0.717) is 5.56 Å². The second-order valence-electron chi connectivity index (χ2n) is 4.48. The third-order valence-electron chi connectivity index (χ3n) is 2.98. The Kier molecular flexibility index (Phi) is 4.73. The molecular weight excluding hydrogens is 289 g/mol. The van der Waals surface area contributed by atoms with Crippen molar-refractivity contribution in [2.75, 3.05) is 7.11 Å². The van der Waals surface area contributed by atoms with Crippen molar-refractivity contribution in [2.24, 2.45) is 5.73 Å². The number of rotatable bonds is 5. The van der Waals surface area contributed by atoms with Crippen molar-refractivity contribution in [3.05, 3.63) is 65.0 Å². The number of carbonyl (C=O) groups excluding carboxylic acids is 2. The van der Waals surface area contributed by atoms with Crippen LogP contribution in [0.3, 0.4) is 0 Å². The van der Waals surface area contributed by atoms with Crippen LogP contribution >= 0.6 is 0 Å². The molecule has 5 nitrogen and oxygen atoms in total. The largest absolute Gasteiger partial charge is 0.488 e. The van der Waals surface area contributed by atoms with Gasteiger partial charge in [-0.1, -0.05) is 12.1 Å². The number of ether oxygens (including phenoxy) is 2. The first-order valence-corrected chi connectivity index (χ1v) is 6.40. The molecule has 0 heterocycles. The molecule has 0 saturated carbocycles. The summed E-state index contributed by atoms with van der Waals surface area (Å²) in [5.41, 5.74) is 6.35. The van der Waals surface area contributed by atoms with Gasteiger partial charge in [0.15, 0.2) is 0 Å². The summed E-state index contributed by atoms with van der Waals surface area (Å²) in [6.07, 6.45) is 0. The van der Waals surface area contributed by atoms with E-state index >= 15 is 0 Å². The number of amides is 1. The van der Waals surface area contributed by atoms with E-state index in [-0.39, 0.29) is 17.9 Å². The number of nitrogens with two attached hydrogens (primary N) is 1. The lowest BCUT2D eigenvalue weighted by molar-refractivity contribution is 0.0600. The van der Waals surface area contributed by atoms with Crippen LogP contribution in [0.1, 0.15) is 26.3 Å². The highest BCUT2D eigenvalue weighted by Crippen LogP contribution is 2.20. The van der Waals surface area contributed by atoms with Gasteiger partial charge >= 0.3 is 5.97 Å². The van der Waals surface area contributed by atoms with Crippen LogP contribution in [0.5, 0.6) is 5.75 Å². The Hall–Kier alpha value is -2.89. The summed E-state index contributed by atoms with van der Waals surface area (Å²) < 4.78 is 23.2. The summed E-state index contributed by atoms with van der Waals surface area (Å²) in [4.78, 5) is 22.6. The van der Waals surface area contributed by atoms with Crippen LogP contribution in [0.4, 0.5) is 4.39 Å². The standard InChI is InChI=1S/C16H14FNO4/c1-21-16(20)11-4-2-10(3-5-11)9-22-14-7-6-12(17)8-13(14)15(18)19/h2-8H,9H2,1H3,(H2,18,19). The van der Waals surface area contributed by atoms with Crippen LogP contribution in [0.2, 0.25) is 0 Å². The zero-order chi connectivity index (χ0) is 16.1. The van der Waals surface area contributed by atoms with Gasteiger partial charge in [-0.3, -0.25) is 4.79 Å². The lowest BCUT2D eigenvalue weighted by Gasteiger charge is -2.10. The summed E-state index contributed by atoms with van der Waals surface area (Å²) in [7, 11) is 1.30. The molecule has 2 rings (SSSR count). The van der Waals surface area contributed by atoms with Crippen molar-refractivity contribution in [1.82, 2.24) is 0 Å². The molecule has 0 atom stereocenters. The fourth-order valence-corrected chi connectivity index (χ4v) is 1.84. The van der Waals surface area contributed by atoms with Gasteiger partial charge in [0.25, 0.3) is 5.91 Å². The maximum atomic E-state index is 13.1. The third-order valence-corrected chi connectivity index (χ3v) is 2.98. The van der Waals surface area contributed by atoms with Gasteiger partial charge < -0.3 is 15.2 Å². The van der Waals surface area contributed by atoms with E-state index in [0.717, 1.165) is 11.6 Å². The minimum Gasteiger partial charge on any atom is -0.488 e. The van der Waals surface area contributed by atoms with Crippen molar-refractivity contribution >= 4 is 11.9 Å². The van der Waals surface area contributed by atoms with E-state index in [1.165, 1.54) is 19.2 Å². The molecule has 0 aliphatic rings. The highest BCUT2D eigenvalue weighted by molar-refractivity contribution is 5.95. The quantitative estimate of drug-likeness (QED) is 0.860. The molecule has 0 spiro atoms. The van der Waals surface area contributed by atoms with Gasteiger partial charge in [-0.25, -0.2) is 9.18 Å². The molecule has 2 aromatic carbocycles. The highest BCUT2D eigenvalue weighted by Gasteiger charge is 2.11. The molecule has 0 saturated heterocycles. The van der Waals surface area contributed by atoms with Crippen LogP contribution in [-0.4, -0.2) is 19.0 Å². The number of methoxy groups -OCH3 is 1. The van der Waals surface area contributed by atoms with E-state index in [1.807, 2.05) is 0 Å². The lowest BCUT2D eigenvalue weighted by Crippen LogP contribution is -2.13. The molecule has 0 unspecified atom stereocenters. The summed E-state index contributed by atoms with van der Waals surface area (Å²) in [5, 5.41) is 0. The Balaban J connectivity index is 2.10. The number of hydrogen-bond acceptors (Lipinski definition) is 4. The Labute approximate surface area is 126 Å². The van der Waals surface area contributed by atoms with E-state index in [1.54, 1.807) is 24.3 Å². The van der Waals surface area contributed by atoms with Crippen molar-refractivity contribution in [3.8, 4) is 5.75 Å². The maximum absolute atomic E-state index is 13.1. The number of primary amides is 1. The van der Waals surface area contributed by atoms with Gasteiger partial charge in [0.2, 0.25) is 0 Å². The van der Waals surface area contributed by atoms with Gasteiger partial charge in [0, 0.05) is 0 Å². The molecule has 0 bridgehead atoms. The molecule has 0 aliphatic carbocycles. The summed E-state index contributed by atoms with van der Waals surface area (Å²) >= 11 is 0. The SMILES string of the molecule is COC(=O)c1ccc(COc2ccc(F)cc2C(N)=O)cc1. The van der Waals surface area contributed by atoms with Gasteiger partial charge in [-0.05, 0) is 35.9 Å². The first-order valence-electron chi connectivity index (χ1n) is 6.40. The van der Waals surface area contributed by atoms with Crippen LogP contribution in [0.25, 0.3) is 0 Å². The monoisotopic (exact) mass is 303 g/mol. The van der Waals surface area contributed by atoms with Crippen LogP contribution in [0.15, 0.2) is 42.5 Å². The number of esters is 1. The number of benzene rings is 2. The third kappa shape index (κ3) is 3.60. The zero-order valence-electron chi connectivity index (χ0n) is 11.8. The van der Waals surface area contributed by atoms with E-state index < -0.39 is 17.7 Å². The molecule has 114 valence electrons. The molecule has 2 N–H and O–H groups in total. The fraction of sp³-hybridized carbons (Fsp3) is 0.125. The molecule has 1 amide bonds. The van der Waals surface area contributed by atoms with E-state index in [9.17, 15) is 14.0 Å². The molecule has 0 aliphatic heterocycles. The Bertz CT molecular complexity index is 698. The molecule has 0 aromatic heterocycles. The predicted molar refractivity (Wildman–Crippen MR) is 77.0 cm³/mol. The van der Waals surface area contributed by atoms with Gasteiger partial charge in [0.05, 0.1) is 18.2 Å². The van der Waals surface area contributed by atoms with Crippen molar-refractivity contribution in [1.29, 1.82) is 0 Å². The molecule has 0 radical (unpaired) electrons. The molecule has 22 heavy (non-hydrogen) atoms. The summed E-state index contributed by atoms with van der Waals surface area (Å²) in [6.45, 7) is 0.146.